The van der Waals surface area contributed by atoms with Gasteiger partial charge in [0, 0.05) is 30.0 Å². The van der Waals surface area contributed by atoms with Gasteiger partial charge in [0.1, 0.15) is 0 Å². The molecule has 2 unspecified atom stereocenters. The normalized spacial score (nSPS) is 24.3. The van der Waals surface area contributed by atoms with E-state index in [0.717, 1.165) is 25.3 Å². The maximum Gasteiger partial charge on any atom is 0.303 e. The molecule has 1 fully saturated rings. The van der Waals surface area contributed by atoms with Gasteiger partial charge < -0.3 is 5.11 Å². The summed E-state index contributed by atoms with van der Waals surface area (Å²) in [5.41, 5.74) is 1.34. The quantitative estimate of drug-likeness (QED) is 0.899. The summed E-state index contributed by atoms with van der Waals surface area (Å²) in [6.07, 6.45) is 0.996. The van der Waals surface area contributed by atoms with Gasteiger partial charge in [-0.2, -0.15) is 11.8 Å². The fourth-order valence-corrected chi connectivity index (χ4v) is 3.92. The zero-order valence-corrected chi connectivity index (χ0v) is 12.1. The highest BCUT2D eigenvalue weighted by Gasteiger charge is 2.29. The van der Waals surface area contributed by atoms with E-state index in [9.17, 15) is 4.79 Å². The molecule has 1 aliphatic rings. The molecule has 0 aliphatic carbocycles. The van der Waals surface area contributed by atoms with Crippen LogP contribution in [0.4, 0.5) is 0 Å². The molecule has 0 amide bonds. The molecule has 0 spiro atoms. The maximum atomic E-state index is 10.6. The first-order valence-electron chi connectivity index (χ1n) is 6.81. The van der Waals surface area contributed by atoms with Crippen molar-refractivity contribution in [3.63, 3.8) is 0 Å². The third-order valence-corrected chi connectivity index (χ3v) is 4.78. The minimum absolute atomic E-state index is 0.263. The van der Waals surface area contributed by atoms with Gasteiger partial charge in [-0.1, -0.05) is 37.3 Å². The molecule has 2 rings (SSSR count). The zero-order chi connectivity index (χ0) is 13.7. The van der Waals surface area contributed by atoms with Crippen LogP contribution < -0.4 is 0 Å². The van der Waals surface area contributed by atoms with Crippen LogP contribution >= 0.6 is 11.8 Å². The third-order valence-electron chi connectivity index (χ3n) is 3.57. The molecule has 4 heteroatoms. The summed E-state index contributed by atoms with van der Waals surface area (Å²) in [5, 5.41) is 9.31. The molecule has 19 heavy (non-hydrogen) atoms. The molecule has 1 aromatic rings. The number of aliphatic carboxylic acids is 1. The van der Waals surface area contributed by atoms with Crippen LogP contribution in [0, 0.1) is 0 Å². The van der Waals surface area contributed by atoms with Gasteiger partial charge in [-0.3, -0.25) is 9.69 Å². The molecular formula is C15H21NO2S. The van der Waals surface area contributed by atoms with E-state index in [1.54, 1.807) is 0 Å². The summed E-state index contributed by atoms with van der Waals surface area (Å²) in [6, 6.07) is 11.0. The van der Waals surface area contributed by atoms with Gasteiger partial charge in [0.25, 0.3) is 0 Å². The number of benzene rings is 1. The molecule has 0 aromatic heterocycles. The lowest BCUT2D eigenvalue weighted by Crippen LogP contribution is -2.40. The van der Waals surface area contributed by atoms with E-state index in [1.165, 1.54) is 5.56 Å². The Morgan fingerprint density at radius 2 is 2.16 bits per heavy atom. The van der Waals surface area contributed by atoms with Gasteiger partial charge in [-0.15, -0.1) is 0 Å². The summed E-state index contributed by atoms with van der Waals surface area (Å²) >= 11 is 2.01. The predicted octanol–water partition coefficient (Wildman–Crippen LogP) is 3.03. The van der Waals surface area contributed by atoms with Crippen molar-refractivity contribution in [2.45, 2.75) is 31.1 Å². The number of thioether (sulfide) groups is 1. The van der Waals surface area contributed by atoms with Crippen LogP contribution in [0.2, 0.25) is 0 Å². The zero-order valence-electron chi connectivity index (χ0n) is 11.3. The summed E-state index contributed by atoms with van der Waals surface area (Å²) in [4.78, 5) is 13.1. The van der Waals surface area contributed by atoms with Gasteiger partial charge in [0.15, 0.2) is 0 Å². The Morgan fingerprint density at radius 3 is 2.84 bits per heavy atom. The van der Waals surface area contributed by atoms with Crippen LogP contribution in [0.3, 0.4) is 0 Å². The summed E-state index contributed by atoms with van der Waals surface area (Å²) < 4.78 is 0. The number of hydrogen-bond acceptors (Lipinski definition) is 3. The lowest BCUT2D eigenvalue weighted by molar-refractivity contribution is -0.137. The SMILES string of the molecule is CC1SCCN(CCCC(=O)O)C1c1ccccc1. The lowest BCUT2D eigenvalue weighted by Gasteiger charge is -2.40. The lowest BCUT2D eigenvalue weighted by atomic mass is 10.0. The van der Waals surface area contributed by atoms with Crippen LogP contribution in [-0.4, -0.2) is 40.1 Å². The van der Waals surface area contributed by atoms with Gasteiger partial charge in [-0.05, 0) is 18.5 Å². The van der Waals surface area contributed by atoms with E-state index in [2.05, 4.69) is 36.1 Å². The first-order chi connectivity index (χ1) is 9.18. The fraction of sp³-hybridized carbons (Fsp3) is 0.533. The molecule has 0 bridgehead atoms. The van der Waals surface area contributed by atoms with E-state index >= 15 is 0 Å². The molecule has 3 nitrogen and oxygen atoms in total. The van der Waals surface area contributed by atoms with E-state index < -0.39 is 5.97 Å². The van der Waals surface area contributed by atoms with Crippen molar-refractivity contribution in [1.82, 2.24) is 4.90 Å². The Hall–Kier alpha value is -1.00. The first kappa shape index (κ1) is 14.4. The van der Waals surface area contributed by atoms with Gasteiger partial charge in [0.2, 0.25) is 0 Å². The van der Waals surface area contributed by atoms with Crippen LogP contribution in [0.1, 0.15) is 31.4 Å². The number of carboxylic acids is 1. The Labute approximate surface area is 119 Å². The van der Waals surface area contributed by atoms with E-state index in [0.29, 0.717) is 11.3 Å². The Morgan fingerprint density at radius 1 is 1.42 bits per heavy atom. The fourth-order valence-electron chi connectivity index (χ4n) is 2.70. The molecule has 1 saturated heterocycles. The van der Waals surface area contributed by atoms with E-state index in [-0.39, 0.29) is 6.42 Å². The Balaban J connectivity index is 2.04. The van der Waals surface area contributed by atoms with E-state index in [1.807, 2.05) is 17.8 Å². The van der Waals surface area contributed by atoms with Crippen LogP contribution in [0.15, 0.2) is 30.3 Å². The van der Waals surface area contributed by atoms with Crippen molar-refractivity contribution >= 4 is 17.7 Å². The highest BCUT2D eigenvalue weighted by molar-refractivity contribution is 8.00. The van der Waals surface area contributed by atoms with Crippen LogP contribution in [0.5, 0.6) is 0 Å². The van der Waals surface area contributed by atoms with E-state index in [4.69, 9.17) is 5.11 Å². The average Bonchev–Trinajstić information content (AvgIpc) is 2.39. The van der Waals surface area contributed by atoms with Crippen molar-refractivity contribution in [1.29, 1.82) is 0 Å². The summed E-state index contributed by atoms with van der Waals surface area (Å²) in [5.74, 6) is 0.438. The van der Waals surface area contributed by atoms with Crippen molar-refractivity contribution < 1.29 is 9.90 Å². The van der Waals surface area contributed by atoms with Gasteiger partial charge >= 0.3 is 5.97 Å². The highest BCUT2D eigenvalue weighted by Crippen LogP contribution is 2.35. The second-order valence-electron chi connectivity index (χ2n) is 4.96. The van der Waals surface area contributed by atoms with Gasteiger partial charge in [-0.25, -0.2) is 0 Å². The summed E-state index contributed by atoms with van der Waals surface area (Å²) in [6.45, 7) is 4.19. The number of hydrogen-bond donors (Lipinski definition) is 1. The van der Waals surface area contributed by atoms with Crippen molar-refractivity contribution in [3.8, 4) is 0 Å². The van der Waals surface area contributed by atoms with Gasteiger partial charge in [0.05, 0.1) is 0 Å². The molecule has 0 radical (unpaired) electrons. The predicted molar refractivity (Wildman–Crippen MR) is 79.5 cm³/mol. The average molecular weight is 279 g/mol. The highest BCUT2D eigenvalue weighted by atomic mass is 32.2. The molecular weight excluding hydrogens is 258 g/mol. The number of carbonyl (C=O) groups is 1. The molecule has 1 N–H and O–H groups in total. The van der Waals surface area contributed by atoms with Crippen molar-refractivity contribution in [3.05, 3.63) is 35.9 Å². The second kappa shape index (κ2) is 6.96. The largest absolute Gasteiger partial charge is 0.481 e. The minimum atomic E-state index is -0.698. The molecule has 0 saturated carbocycles. The van der Waals surface area contributed by atoms with Crippen molar-refractivity contribution in [2.75, 3.05) is 18.8 Å². The van der Waals surface area contributed by atoms with Crippen molar-refractivity contribution in [2.24, 2.45) is 0 Å². The number of carboxylic acid groups (broad SMARTS) is 1. The smallest absolute Gasteiger partial charge is 0.303 e. The van der Waals surface area contributed by atoms with Crippen LogP contribution in [-0.2, 0) is 4.79 Å². The standard InChI is InChI=1S/C15H21NO2S/c1-12-15(13-6-3-2-4-7-13)16(10-11-19-12)9-5-8-14(17)18/h2-4,6-7,12,15H,5,8-11H2,1H3,(H,17,18). The number of rotatable bonds is 5. The molecule has 104 valence electrons. The topological polar surface area (TPSA) is 40.5 Å². The molecule has 1 aromatic carbocycles. The third kappa shape index (κ3) is 3.98. The number of nitrogens with zero attached hydrogens (tertiary/aromatic N) is 1. The van der Waals surface area contributed by atoms with Crippen LogP contribution in [0.25, 0.3) is 0 Å². The Kier molecular flexibility index (Phi) is 5.28. The monoisotopic (exact) mass is 279 g/mol. The summed E-state index contributed by atoms with van der Waals surface area (Å²) in [7, 11) is 0. The minimum Gasteiger partial charge on any atom is -0.481 e. The molecule has 1 heterocycles. The molecule has 1 aliphatic heterocycles. The second-order valence-corrected chi connectivity index (χ2v) is 6.45. The first-order valence-corrected chi connectivity index (χ1v) is 7.86. The Bertz CT molecular complexity index is 410. The maximum absolute atomic E-state index is 10.6. The molecule has 2 atom stereocenters.